The maximum atomic E-state index is 13.6. The normalized spacial score (nSPS) is 15.2. The minimum atomic E-state index is -5.08. The first-order chi connectivity index (χ1) is 18.2. The van der Waals surface area contributed by atoms with Gasteiger partial charge in [-0.05, 0) is 30.9 Å². The third kappa shape index (κ3) is 11.4. The van der Waals surface area contributed by atoms with E-state index < -0.39 is 41.7 Å². The van der Waals surface area contributed by atoms with E-state index in [1.54, 1.807) is 25.1 Å². The van der Waals surface area contributed by atoms with Crippen LogP contribution in [-0.4, -0.2) is 77.3 Å². The summed E-state index contributed by atoms with van der Waals surface area (Å²) in [5.41, 5.74) is 0.649. The fourth-order valence-electron chi connectivity index (χ4n) is 3.87. The van der Waals surface area contributed by atoms with Gasteiger partial charge in [0.2, 0.25) is 11.8 Å². The topological polar surface area (TPSA) is 136 Å². The van der Waals surface area contributed by atoms with E-state index in [0.717, 1.165) is 5.56 Å². The summed E-state index contributed by atoms with van der Waals surface area (Å²) in [6.07, 6.45) is -3.49. The molecule has 9 nitrogen and oxygen atoms in total. The Kier molecular flexibility index (Phi) is 14.1. The number of alkyl halides is 3. The molecule has 0 aliphatic rings. The number of halogens is 3. The number of carbonyl (C=O) groups is 4. The summed E-state index contributed by atoms with van der Waals surface area (Å²) in [5.74, 6) is -4.40. The summed E-state index contributed by atoms with van der Waals surface area (Å²) in [6.45, 7) is 13.1. The molecule has 0 spiro atoms. The van der Waals surface area contributed by atoms with Crippen LogP contribution in [0.1, 0.15) is 59.9 Å². The van der Waals surface area contributed by atoms with Crippen LogP contribution in [0, 0.1) is 11.3 Å². The van der Waals surface area contributed by atoms with Crippen molar-refractivity contribution in [2.75, 3.05) is 14.1 Å². The zero-order valence-electron chi connectivity index (χ0n) is 24.5. The maximum absolute atomic E-state index is 13.6. The van der Waals surface area contributed by atoms with Gasteiger partial charge in [-0.15, -0.1) is 0 Å². The fraction of sp³-hybridized carbons (Fsp3) is 0.571. The maximum Gasteiger partial charge on any atom is 0.490 e. The standard InChI is InChI=1S/C26H41N3O4.C2HF3O2/c1-16(2)20(15-17(3)25(32)33)29(9)24(31)22(26(5,6)7)28-23(30)21(27-8)18(4)19-13-11-10-12-14-19;3-2(4,5)1(6)7/h10-16,18,20-22,27H,1-9H3,(H,28,30)(H,32,33);(H,6,7). The number of carboxylic acids is 2. The van der Waals surface area contributed by atoms with E-state index >= 15 is 0 Å². The van der Waals surface area contributed by atoms with Crippen molar-refractivity contribution in [3.05, 3.63) is 47.5 Å². The molecule has 4 N–H and O–H groups in total. The molecule has 1 aromatic carbocycles. The van der Waals surface area contributed by atoms with Crippen LogP contribution in [0.2, 0.25) is 0 Å². The second-order valence-electron chi connectivity index (χ2n) is 10.9. The van der Waals surface area contributed by atoms with Crippen molar-refractivity contribution >= 4 is 23.8 Å². The zero-order chi connectivity index (χ0) is 31.6. The fourth-order valence-corrected chi connectivity index (χ4v) is 3.87. The van der Waals surface area contributed by atoms with Gasteiger partial charge in [0, 0.05) is 18.5 Å². The Morgan fingerprint density at radius 3 is 1.80 bits per heavy atom. The summed E-state index contributed by atoms with van der Waals surface area (Å²) in [7, 11) is 3.39. The van der Waals surface area contributed by atoms with Crippen LogP contribution in [0.25, 0.3) is 0 Å². The lowest BCUT2D eigenvalue weighted by Gasteiger charge is -2.38. The number of likely N-dealkylation sites (N-methyl/N-ethyl adjacent to an activating group) is 2. The lowest BCUT2D eigenvalue weighted by molar-refractivity contribution is -0.192. The minimum absolute atomic E-state index is 0.00673. The number of amides is 2. The van der Waals surface area contributed by atoms with Gasteiger partial charge in [-0.3, -0.25) is 9.59 Å². The Morgan fingerprint density at radius 2 is 1.45 bits per heavy atom. The van der Waals surface area contributed by atoms with Crippen molar-refractivity contribution < 1.29 is 42.6 Å². The molecule has 0 fully saturated rings. The molecule has 0 aromatic heterocycles. The van der Waals surface area contributed by atoms with Gasteiger partial charge in [0.15, 0.2) is 0 Å². The van der Waals surface area contributed by atoms with Crippen LogP contribution in [0.15, 0.2) is 42.0 Å². The Labute approximate surface area is 233 Å². The van der Waals surface area contributed by atoms with E-state index in [1.165, 1.54) is 6.92 Å². The van der Waals surface area contributed by atoms with Crippen molar-refractivity contribution in [1.29, 1.82) is 0 Å². The molecule has 4 atom stereocenters. The van der Waals surface area contributed by atoms with Gasteiger partial charge in [-0.1, -0.05) is 78.0 Å². The second kappa shape index (κ2) is 15.4. The number of hydrogen-bond acceptors (Lipinski definition) is 5. The number of rotatable bonds is 10. The molecule has 1 aromatic rings. The summed E-state index contributed by atoms with van der Waals surface area (Å²) in [4.78, 5) is 48.7. The van der Waals surface area contributed by atoms with Gasteiger partial charge in [-0.2, -0.15) is 13.2 Å². The molecule has 0 aliphatic carbocycles. The molecular weight excluding hydrogens is 531 g/mol. The number of hydrogen-bond donors (Lipinski definition) is 4. The Hall–Kier alpha value is -3.41. The number of nitrogens with zero attached hydrogens (tertiary/aromatic N) is 1. The van der Waals surface area contributed by atoms with Gasteiger partial charge < -0.3 is 25.7 Å². The first-order valence-electron chi connectivity index (χ1n) is 12.7. The summed E-state index contributed by atoms with van der Waals surface area (Å²) in [6, 6.07) is 8.04. The Morgan fingerprint density at radius 1 is 0.975 bits per heavy atom. The molecule has 0 saturated carbocycles. The molecule has 12 heteroatoms. The van der Waals surface area contributed by atoms with Gasteiger partial charge in [0.05, 0.1) is 12.1 Å². The van der Waals surface area contributed by atoms with Crippen LogP contribution < -0.4 is 10.6 Å². The third-order valence-electron chi connectivity index (χ3n) is 6.30. The highest BCUT2D eigenvalue weighted by atomic mass is 19.4. The van der Waals surface area contributed by atoms with Gasteiger partial charge in [-0.25, -0.2) is 9.59 Å². The highest BCUT2D eigenvalue weighted by Gasteiger charge is 2.39. The first kappa shape index (κ1) is 36.6. The molecule has 0 radical (unpaired) electrons. The minimum Gasteiger partial charge on any atom is -0.478 e. The van der Waals surface area contributed by atoms with E-state index in [1.807, 2.05) is 71.9 Å². The molecule has 4 unspecified atom stereocenters. The van der Waals surface area contributed by atoms with Crippen LogP contribution in [0.5, 0.6) is 0 Å². The zero-order valence-corrected chi connectivity index (χ0v) is 24.5. The quantitative estimate of drug-likeness (QED) is 0.310. The van der Waals surface area contributed by atoms with Crippen LogP contribution in [0.3, 0.4) is 0 Å². The molecule has 2 amide bonds. The van der Waals surface area contributed by atoms with E-state index in [0.29, 0.717) is 0 Å². The van der Waals surface area contributed by atoms with Crippen molar-refractivity contribution in [2.24, 2.45) is 11.3 Å². The second-order valence-corrected chi connectivity index (χ2v) is 10.9. The molecular formula is C28H42F3N3O6. The predicted octanol–water partition coefficient (Wildman–Crippen LogP) is 4.06. The van der Waals surface area contributed by atoms with E-state index in [9.17, 15) is 32.7 Å². The smallest absolute Gasteiger partial charge is 0.478 e. The first-order valence-corrected chi connectivity index (χ1v) is 12.7. The summed E-state index contributed by atoms with van der Waals surface area (Å²) < 4.78 is 31.7. The van der Waals surface area contributed by atoms with Gasteiger partial charge in [0.25, 0.3) is 0 Å². The number of carbonyl (C=O) groups excluding carboxylic acids is 2. The molecule has 226 valence electrons. The van der Waals surface area contributed by atoms with E-state index in [2.05, 4.69) is 10.6 Å². The molecule has 0 heterocycles. The van der Waals surface area contributed by atoms with Crippen molar-refractivity contribution in [3.8, 4) is 0 Å². The average Bonchev–Trinajstić information content (AvgIpc) is 2.84. The summed E-state index contributed by atoms with van der Waals surface area (Å²) in [5, 5.41) is 22.5. The number of nitrogens with one attached hydrogen (secondary N) is 2. The van der Waals surface area contributed by atoms with Crippen molar-refractivity contribution in [2.45, 2.75) is 78.7 Å². The van der Waals surface area contributed by atoms with Crippen LogP contribution in [0.4, 0.5) is 13.2 Å². The third-order valence-corrected chi connectivity index (χ3v) is 6.30. The summed E-state index contributed by atoms with van der Waals surface area (Å²) >= 11 is 0. The lowest BCUT2D eigenvalue weighted by atomic mass is 9.84. The number of aliphatic carboxylic acids is 2. The van der Waals surface area contributed by atoms with Crippen molar-refractivity contribution in [3.63, 3.8) is 0 Å². The molecule has 0 bridgehead atoms. The Bertz CT molecular complexity index is 1040. The van der Waals surface area contributed by atoms with Gasteiger partial charge in [0.1, 0.15) is 6.04 Å². The van der Waals surface area contributed by atoms with Gasteiger partial charge >= 0.3 is 18.1 Å². The molecule has 0 saturated heterocycles. The number of benzene rings is 1. The highest BCUT2D eigenvalue weighted by Crippen LogP contribution is 2.25. The van der Waals surface area contributed by atoms with Crippen LogP contribution in [-0.2, 0) is 19.2 Å². The Balaban J connectivity index is 0.00000191. The largest absolute Gasteiger partial charge is 0.490 e. The lowest BCUT2D eigenvalue weighted by Crippen LogP contribution is -2.59. The van der Waals surface area contributed by atoms with Crippen LogP contribution >= 0.6 is 0 Å². The highest BCUT2D eigenvalue weighted by molar-refractivity contribution is 5.91. The predicted molar refractivity (Wildman–Crippen MR) is 146 cm³/mol. The van der Waals surface area contributed by atoms with E-state index in [4.69, 9.17) is 9.90 Å². The van der Waals surface area contributed by atoms with E-state index in [-0.39, 0.29) is 29.2 Å². The average molecular weight is 574 g/mol. The molecule has 40 heavy (non-hydrogen) atoms. The molecule has 1 rings (SSSR count). The van der Waals surface area contributed by atoms with Crippen molar-refractivity contribution in [1.82, 2.24) is 15.5 Å². The monoisotopic (exact) mass is 573 g/mol. The molecule has 0 aliphatic heterocycles. The SMILES string of the molecule is CNC(C(=O)NC(C(=O)N(C)C(C=C(C)C(=O)O)C(C)C)C(C)(C)C)C(C)c1ccccc1.O=C(O)C(F)(F)F. The number of carboxylic acid groups (broad SMARTS) is 2.